The van der Waals surface area contributed by atoms with Crippen molar-refractivity contribution >= 4 is 11.3 Å². The zero-order valence-electron chi connectivity index (χ0n) is 16.7. The predicted molar refractivity (Wildman–Crippen MR) is 120 cm³/mol. The topological polar surface area (TPSA) is 26.0 Å². The van der Waals surface area contributed by atoms with Crippen LogP contribution in [-0.4, -0.2) is 0 Å². The van der Waals surface area contributed by atoms with Crippen molar-refractivity contribution in [3.63, 3.8) is 0 Å². The zero-order chi connectivity index (χ0) is 19.5. The van der Waals surface area contributed by atoms with E-state index in [2.05, 4.69) is 87.5 Å². The number of nitrogens with two attached hydrogens (primary N) is 1. The fourth-order valence-electron chi connectivity index (χ4n) is 4.82. The van der Waals surface area contributed by atoms with Crippen LogP contribution in [0.5, 0.6) is 0 Å². The molecule has 0 bridgehead atoms. The van der Waals surface area contributed by atoms with E-state index < -0.39 is 0 Å². The Balaban J connectivity index is 1.69. The molecule has 0 aromatic heterocycles. The number of nitrogen functional groups attached to an aromatic ring is 1. The normalized spacial score (nSPS) is 16.4. The van der Waals surface area contributed by atoms with Crippen LogP contribution in [0.1, 0.15) is 43.9 Å². The standard InChI is InChI=1S/C27H25N/c1-17-7-6-10-20(17)22-9-5-4-8-21(22)18-11-13-23-24-14-12-19(28)16-26(24)27(2,3)25(23)15-18/h4-6,8-16H,7,28H2,1-3H3. The molecule has 5 rings (SSSR count). The van der Waals surface area contributed by atoms with Gasteiger partial charge in [-0.15, -0.1) is 0 Å². The van der Waals surface area contributed by atoms with E-state index in [1.165, 1.54) is 50.1 Å². The van der Waals surface area contributed by atoms with Crippen LogP contribution in [0.25, 0.3) is 27.8 Å². The average molecular weight is 364 g/mol. The van der Waals surface area contributed by atoms with E-state index in [0.29, 0.717) is 0 Å². The molecule has 0 heterocycles. The Morgan fingerprint density at radius 2 is 1.46 bits per heavy atom. The van der Waals surface area contributed by atoms with E-state index in [0.717, 1.165) is 12.1 Å². The van der Waals surface area contributed by atoms with Crippen LogP contribution in [0.2, 0.25) is 0 Å². The van der Waals surface area contributed by atoms with Crippen molar-refractivity contribution in [2.45, 2.75) is 32.6 Å². The summed E-state index contributed by atoms with van der Waals surface area (Å²) in [4.78, 5) is 0. The summed E-state index contributed by atoms with van der Waals surface area (Å²) in [5.74, 6) is 0. The fourth-order valence-corrected chi connectivity index (χ4v) is 4.82. The van der Waals surface area contributed by atoms with Crippen LogP contribution in [-0.2, 0) is 5.41 Å². The molecule has 2 aliphatic rings. The number of rotatable bonds is 2. The first-order valence-corrected chi connectivity index (χ1v) is 9.98. The maximum atomic E-state index is 6.10. The van der Waals surface area contributed by atoms with E-state index in [-0.39, 0.29) is 5.41 Å². The van der Waals surface area contributed by atoms with Gasteiger partial charge in [-0.2, -0.15) is 0 Å². The third-order valence-electron chi connectivity index (χ3n) is 6.40. The number of fused-ring (bicyclic) bond motifs is 3. The number of hydrogen-bond acceptors (Lipinski definition) is 1. The lowest BCUT2D eigenvalue weighted by Gasteiger charge is -2.22. The minimum absolute atomic E-state index is 0.0482. The molecule has 3 aromatic rings. The molecule has 0 saturated heterocycles. The maximum absolute atomic E-state index is 6.10. The van der Waals surface area contributed by atoms with Crippen molar-refractivity contribution in [3.05, 3.63) is 95.1 Å². The Bertz CT molecular complexity index is 1170. The van der Waals surface area contributed by atoms with Gasteiger partial charge in [0.25, 0.3) is 0 Å². The number of allylic oxidation sites excluding steroid dienone is 4. The smallest absolute Gasteiger partial charge is 0.0317 e. The fraction of sp³-hybridized carbons (Fsp3) is 0.185. The van der Waals surface area contributed by atoms with Gasteiger partial charge in [-0.25, -0.2) is 0 Å². The molecule has 3 aromatic carbocycles. The summed E-state index contributed by atoms with van der Waals surface area (Å²) >= 11 is 0. The second-order valence-electron chi connectivity index (χ2n) is 8.54. The van der Waals surface area contributed by atoms with Gasteiger partial charge in [0, 0.05) is 11.1 Å². The highest BCUT2D eigenvalue weighted by Gasteiger charge is 2.35. The number of anilines is 1. The molecule has 0 aliphatic heterocycles. The van der Waals surface area contributed by atoms with Crippen LogP contribution in [0.15, 0.2) is 78.4 Å². The molecule has 28 heavy (non-hydrogen) atoms. The maximum Gasteiger partial charge on any atom is 0.0317 e. The SMILES string of the molecule is CC1=C(c2ccccc2-c2ccc3c(c2)C(C)(C)c2cc(N)ccc2-3)C=CC1. The van der Waals surface area contributed by atoms with Gasteiger partial charge in [-0.1, -0.05) is 74.0 Å². The molecular weight excluding hydrogens is 338 g/mol. The summed E-state index contributed by atoms with van der Waals surface area (Å²) in [7, 11) is 0. The van der Waals surface area contributed by atoms with E-state index in [1.807, 2.05) is 6.07 Å². The quantitative estimate of drug-likeness (QED) is 0.489. The minimum Gasteiger partial charge on any atom is -0.399 e. The summed E-state index contributed by atoms with van der Waals surface area (Å²) < 4.78 is 0. The molecule has 1 heteroatoms. The van der Waals surface area contributed by atoms with E-state index in [1.54, 1.807) is 0 Å². The highest BCUT2D eigenvalue weighted by atomic mass is 14.5. The summed E-state index contributed by atoms with van der Waals surface area (Å²) in [5.41, 5.74) is 19.0. The molecule has 0 saturated carbocycles. The van der Waals surface area contributed by atoms with Gasteiger partial charge in [0.2, 0.25) is 0 Å². The summed E-state index contributed by atoms with van der Waals surface area (Å²) in [5, 5.41) is 0. The molecule has 0 unspecified atom stereocenters. The predicted octanol–water partition coefficient (Wildman–Crippen LogP) is 6.98. The van der Waals surface area contributed by atoms with Crippen LogP contribution >= 0.6 is 0 Å². The molecule has 0 fully saturated rings. The number of benzene rings is 3. The van der Waals surface area contributed by atoms with Crippen LogP contribution in [0.3, 0.4) is 0 Å². The summed E-state index contributed by atoms with van der Waals surface area (Å²) in [6, 6.07) is 22.0. The highest BCUT2D eigenvalue weighted by Crippen LogP contribution is 2.50. The van der Waals surface area contributed by atoms with Crippen molar-refractivity contribution in [1.29, 1.82) is 0 Å². The third-order valence-corrected chi connectivity index (χ3v) is 6.40. The van der Waals surface area contributed by atoms with Gasteiger partial charge in [0.1, 0.15) is 0 Å². The molecule has 2 N–H and O–H groups in total. The molecule has 1 nitrogen and oxygen atoms in total. The highest BCUT2D eigenvalue weighted by molar-refractivity contribution is 5.90. The van der Waals surface area contributed by atoms with Crippen LogP contribution in [0.4, 0.5) is 5.69 Å². The van der Waals surface area contributed by atoms with Gasteiger partial charge in [0.05, 0.1) is 0 Å². The number of hydrogen-bond donors (Lipinski definition) is 1. The van der Waals surface area contributed by atoms with Crippen LogP contribution < -0.4 is 5.73 Å². The Morgan fingerprint density at radius 1 is 0.786 bits per heavy atom. The zero-order valence-corrected chi connectivity index (χ0v) is 16.7. The Morgan fingerprint density at radius 3 is 2.18 bits per heavy atom. The molecule has 0 spiro atoms. The third kappa shape index (κ3) is 2.39. The molecule has 0 atom stereocenters. The van der Waals surface area contributed by atoms with Crippen molar-refractivity contribution in [2.75, 3.05) is 5.73 Å². The largest absolute Gasteiger partial charge is 0.399 e. The van der Waals surface area contributed by atoms with Crippen molar-refractivity contribution in [3.8, 4) is 22.3 Å². The average Bonchev–Trinajstić information content (AvgIpc) is 3.21. The first-order valence-electron chi connectivity index (χ1n) is 9.98. The van der Waals surface area contributed by atoms with Crippen molar-refractivity contribution < 1.29 is 0 Å². The van der Waals surface area contributed by atoms with Crippen molar-refractivity contribution in [1.82, 2.24) is 0 Å². The molecule has 2 aliphatic carbocycles. The van der Waals surface area contributed by atoms with Gasteiger partial charge in [0.15, 0.2) is 0 Å². The van der Waals surface area contributed by atoms with Gasteiger partial charge < -0.3 is 5.73 Å². The minimum atomic E-state index is -0.0482. The monoisotopic (exact) mass is 363 g/mol. The van der Waals surface area contributed by atoms with E-state index in [9.17, 15) is 0 Å². The molecular formula is C27H25N. The van der Waals surface area contributed by atoms with Gasteiger partial charge in [-0.3, -0.25) is 0 Å². The Labute approximate surface area is 167 Å². The van der Waals surface area contributed by atoms with E-state index in [4.69, 9.17) is 5.73 Å². The van der Waals surface area contributed by atoms with Gasteiger partial charge in [-0.05, 0) is 76.1 Å². The summed E-state index contributed by atoms with van der Waals surface area (Å²) in [6.07, 6.45) is 5.58. The first-order chi connectivity index (χ1) is 13.5. The van der Waals surface area contributed by atoms with Crippen LogP contribution in [0, 0.1) is 0 Å². The van der Waals surface area contributed by atoms with Gasteiger partial charge >= 0.3 is 0 Å². The lowest BCUT2D eigenvalue weighted by Crippen LogP contribution is -2.15. The molecule has 0 radical (unpaired) electrons. The molecule has 0 amide bonds. The summed E-state index contributed by atoms with van der Waals surface area (Å²) in [6.45, 7) is 6.84. The van der Waals surface area contributed by atoms with E-state index >= 15 is 0 Å². The molecule has 138 valence electrons. The van der Waals surface area contributed by atoms with Crippen molar-refractivity contribution in [2.24, 2.45) is 0 Å². The Kier molecular flexibility index (Phi) is 3.64. The lowest BCUT2D eigenvalue weighted by molar-refractivity contribution is 0.661. The lowest BCUT2D eigenvalue weighted by atomic mass is 9.81. The first kappa shape index (κ1) is 17.1. The second kappa shape index (κ2) is 5.97. The second-order valence-corrected chi connectivity index (χ2v) is 8.54. The Hall–Kier alpha value is -3.06.